The van der Waals surface area contributed by atoms with Crippen LogP contribution in [0.1, 0.15) is 6.92 Å². The van der Waals surface area contributed by atoms with Crippen LogP contribution >= 0.6 is 0 Å². The maximum absolute atomic E-state index is 6.81. The van der Waals surface area contributed by atoms with Crippen molar-refractivity contribution in [3.8, 4) is 0 Å². The molecule has 0 spiro atoms. The summed E-state index contributed by atoms with van der Waals surface area (Å²) in [6.45, 7) is 1.79. The van der Waals surface area contributed by atoms with Gasteiger partial charge in [-0.25, -0.2) is 4.99 Å². The summed E-state index contributed by atoms with van der Waals surface area (Å²) in [6, 6.07) is 0. The van der Waals surface area contributed by atoms with Crippen LogP contribution in [0.5, 0.6) is 0 Å². The van der Waals surface area contributed by atoms with Gasteiger partial charge in [0.1, 0.15) is 0 Å². The van der Waals surface area contributed by atoms with Crippen molar-refractivity contribution in [2.24, 2.45) is 4.99 Å². The third kappa shape index (κ3) is 0.765. The smallest absolute Gasteiger partial charge is 0.226 e. The molecule has 0 amide bonds. The number of hydrogen-bond acceptors (Lipinski definition) is 3. The van der Waals surface area contributed by atoms with Gasteiger partial charge < -0.3 is 4.74 Å². The Morgan fingerprint density at radius 1 is 2.00 bits per heavy atom. The highest BCUT2D eigenvalue weighted by atomic mass is 16.5. The zero-order valence-electron chi connectivity index (χ0n) is 4.01. The molecule has 0 aromatic rings. The Labute approximate surface area is 41.5 Å². The van der Waals surface area contributed by atoms with E-state index in [-0.39, 0.29) is 12.1 Å². The Bertz CT molecular complexity index is 119. The third-order valence-corrected chi connectivity index (χ3v) is 0.699. The molecule has 0 saturated heterocycles. The summed E-state index contributed by atoms with van der Waals surface area (Å²) < 4.78 is 4.72. The standard InChI is InChI=1S/C4H6N2O/c1-3-6-2-4(5)7-3/h2-3,5H,1H3. The van der Waals surface area contributed by atoms with Crippen molar-refractivity contribution < 1.29 is 4.74 Å². The van der Waals surface area contributed by atoms with Crippen LogP contribution in [0.25, 0.3) is 0 Å². The molecule has 1 atom stereocenters. The molecule has 0 aliphatic carbocycles. The maximum atomic E-state index is 6.81. The predicted octanol–water partition coefficient (Wildman–Crippen LogP) is 0.411. The van der Waals surface area contributed by atoms with Crippen molar-refractivity contribution in [3.05, 3.63) is 0 Å². The molecule has 7 heavy (non-hydrogen) atoms. The molecule has 0 saturated carbocycles. The number of nitrogens with zero attached hydrogens (tertiary/aromatic N) is 1. The Morgan fingerprint density at radius 3 is 2.86 bits per heavy atom. The molecule has 3 nitrogen and oxygen atoms in total. The van der Waals surface area contributed by atoms with Gasteiger partial charge in [-0.15, -0.1) is 0 Å². The summed E-state index contributed by atoms with van der Waals surface area (Å²) in [5.74, 6) is 0.160. The second-order valence-electron chi connectivity index (χ2n) is 1.36. The van der Waals surface area contributed by atoms with Crippen molar-refractivity contribution in [1.29, 1.82) is 5.41 Å². The monoisotopic (exact) mass is 98.0 g/mol. The molecule has 0 aromatic carbocycles. The van der Waals surface area contributed by atoms with Gasteiger partial charge in [0.25, 0.3) is 0 Å². The van der Waals surface area contributed by atoms with Crippen molar-refractivity contribution in [2.45, 2.75) is 13.2 Å². The first-order valence-corrected chi connectivity index (χ1v) is 2.07. The molecular weight excluding hydrogens is 92.1 g/mol. The first-order chi connectivity index (χ1) is 3.29. The lowest BCUT2D eigenvalue weighted by Crippen LogP contribution is -2.01. The number of rotatable bonds is 0. The number of nitrogens with one attached hydrogen (secondary N) is 1. The first-order valence-electron chi connectivity index (χ1n) is 2.07. The van der Waals surface area contributed by atoms with Gasteiger partial charge in [-0.2, -0.15) is 0 Å². The lowest BCUT2D eigenvalue weighted by atomic mass is 10.7. The third-order valence-electron chi connectivity index (χ3n) is 0.699. The molecule has 1 heterocycles. The van der Waals surface area contributed by atoms with E-state index in [0.29, 0.717) is 0 Å². The highest BCUT2D eigenvalue weighted by Gasteiger charge is 2.06. The van der Waals surface area contributed by atoms with Crippen LogP contribution in [0, 0.1) is 5.41 Å². The van der Waals surface area contributed by atoms with Crippen LogP contribution in [-0.4, -0.2) is 18.3 Å². The van der Waals surface area contributed by atoms with E-state index in [2.05, 4.69) is 4.99 Å². The topological polar surface area (TPSA) is 45.4 Å². The molecule has 1 N–H and O–H groups in total. The van der Waals surface area contributed by atoms with Gasteiger partial charge in [0.05, 0.1) is 6.21 Å². The van der Waals surface area contributed by atoms with Crippen molar-refractivity contribution in [2.75, 3.05) is 0 Å². The van der Waals surface area contributed by atoms with Gasteiger partial charge >= 0.3 is 0 Å². The Balaban J connectivity index is 2.58. The van der Waals surface area contributed by atoms with E-state index in [1.54, 1.807) is 6.92 Å². The van der Waals surface area contributed by atoms with E-state index < -0.39 is 0 Å². The number of ether oxygens (including phenoxy) is 1. The van der Waals surface area contributed by atoms with Crippen LogP contribution in [0.3, 0.4) is 0 Å². The van der Waals surface area contributed by atoms with Gasteiger partial charge in [-0.3, -0.25) is 5.41 Å². The first kappa shape index (κ1) is 4.30. The summed E-state index contributed by atoms with van der Waals surface area (Å²) in [4.78, 5) is 3.75. The summed E-state index contributed by atoms with van der Waals surface area (Å²) in [5, 5.41) is 6.81. The molecule has 1 unspecified atom stereocenters. The molecule has 1 rings (SSSR count). The molecule has 0 fully saturated rings. The highest BCUT2D eigenvalue weighted by Crippen LogP contribution is 1.97. The van der Waals surface area contributed by atoms with E-state index in [9.17, 15) is 0 Å². The molecule has 3 heteroatoms. The number of hydrogen-bond donors (Lipinski definition) is 1. The van der Waals surface area contributed by atoms with Gasteiger partial charge in [-0.1, -0.05) is 0 Å². The van der Waals surface area contributed by atoms with Gasteiger partial charge in [-0.05, 0) is 6.92 Å². The van der Waals surface area contributed by atoms with E-state index in [0.717, 1.165) is 0 Å². The van der Waals surface area contributed by atoms with Crippen LogP contribution in [0.2, 0.25) is 0 Å². The second kappa shape index (κ2) is 1.33. The Morgan fingerprint density at radius 2 is 2.71 bits per heavy atom. The fourth-order valence-corrected chi connectivity index (χ4v) is 0.417. The largest absolute Gasteiger partial charge is 0.451 e. The highest BCUT2D eigenvalue weighted by molar-refractivity contribution is 6.26. The van der Waals surface area contributed by atoms with Crippen molar-refractivity contribution in [3.63, 3.8) is 0 Å². The Kier molecular flexibility index (Phi) is 0.817. The van der Waals surface area contributed by atoms with Crippen molar-refractivity contribution >= 4 is 12.1 Å². The summed E-state index contributed by atoms with van der Waals surface area (Å²) in [6.07, 6.45) is 1.28. The van der Waals surface area contributed by atoms with Crippen LogP contribution in [0.15, 0.2) is 4.99 Å². The summed E-state index contributed by atoms with van der Waals surface area (Å²) >= 11 is 0. The van der Waals surface area contributed by atoms with Crippen molar-refractivity contribution in [1.82, 2.24) is 0 Å². The molecular formula is C4H6N2O. The average molecular weight is 98.1 g/mol. The maximum Gasteiger partial charge on any atom is 0.226 e. The molecule has 0 aromatic heterocycles. The normalized spacial score (nSPS) is 28.1. The van der Waals surface area contributed by atoms with E-state index in [1.165, 1.54) is 6.21 Å². The van der Waals surface area contributed by atoms with Gasteiger partial charge in [0.2, 0.25) is 5.90 Å². The van der Waals surface area contributed by atoms with Crippen LogP contribution in [-0.2, 0) is 4.74 Å². The van der Waals surface area contributed by atoms with E-state index >= 15 is 0 Å². The van der Waals surface area contributed by atoms with Crippen LogP contribution < -0.4 is 0 Å². The molecule has 0 radical (unpaired) electrons. The van der Waals surface area contributed by atoms with E-state index in [4.69, 9.17) is 10.1 Å². The fraction of sp³-hybridized carbons (Fsp3) is 0.500. The zero-order valence-corrected chi connectivity index (χ0v) is 4.01. The fourth-order valence-electron chi connectivity index (χ4n) is 0.417. The molecule has 1 aliphatic rings. The van der Waals surface area contributed by atoms with Gasteiger partial charge in [0, 0.05) is 0 Å². The quantitative estimate of drug-likeness (QED) is 0.468. The number of aliphatic imine (C=N–C) groups is 1. The average Bonchev–Trinajstić information content (AvgIpc) is 1.87. The van der Waals surface area contributed by atoms with Crippen LogP contribution in [0.4, 0.5) is 0 Å². The Hall–Kier alpha value is -0.860. The summed E-state index contributed by atoms with van der Waals surface area (Å²) in [5.41, 5.74) is 0. The minimum absolute atomic E-state index is 0.132. The molecule has 0 bridgehead atoms. The predicted molar refractivity (Wildman–Crippen MR) is 26.8 cm³/mol. The van der Waals surface area contributed by atoms with Gasteiger partial charge in [0.15, 0.2) is 6.23 Å². The SMILES string of the molecule is CC1N=CC(=N)O1. The molecule has 1 aliphatic heterocycles. The molecule has 38 valence electrons. The lowest BCUT2D eigenvalue weighted by molar-refractivity contribution is 0.236. The lowest BCUT2D eigenvalue weighted by Gasteiger charge is -1.95. The second-order valence-corrected chi connectivity index (χ2v) is 1.36. The minimum Gasteiger partial charge on any atom is -0.451 e. The minimum atomic E-state index is -0.132. The van der Waals surface area contributed by atoms with E-state index in [1.807, 2.05) is 0 Å². The summed E-state index contributed by atoms with van der Waals surface area (Å²) in [7, 11) is 0. The zero-order chi connectivity index (χ0) is 5.28.